The summed E-state index contributed by atoms with van der Waals surface area (Å²) < 4.78 is 45.3. The van der Waals surface area contributed by atoms with Crippen molar-refractivity contribution in [2.75, 3.05) is 25.6 Å². The lowest BCUT2D eigenvalue weighted by atomic mass is 9.85. The standard InChI is InChI=1S/C17H26O9S/c1-6-7-17(10-25-14(18)12(2)3,11-26-15(19)13(4)5)16(20)24-8-9-27(21,22)23/h2,4,6-11H2,1,3,5H3,(H,21,22,23). The predicted octanol–water partition coefficient (Wildman–Crippen LogP) is 1.44. The minimum atomic E-state index is -4.32. The highest BCUT2D eigenvalue weighted by Crippen LogP contribution is 2.28. The van der Waals surface area contributed by atoms with Crippen LogP contribution in [-0.2, 0) is 38.7 Å². The SMILES string of the molecule is C=C(C)C(=O)OCC(CCC)(COC(=O)C(=C)C)C(=O)OCCS(=O)(=O)O. The molecule has 0 saturated carbocycles. The van der Waals surface area contributed by atoms with Crippen molar-refractivity contribution in [3.63, 3.8) is 0 Å². The van der Waals surface area contributed by atoms with Gasteiger partial charge in [0.2, 0.25) is 0 Å². The van der Waals surface area contributed by atoms with E-state index in [9.17, 15) is 22.8 Å². The fourth-order valence-corrected chi connectivity index (χ4v) is 2.22. The molecule has 0 aromatic rings. The zero-order valence-corrected chi connectivity index (χ0v) is 16.6. The summed E-state index contributed by atoms with van der Waals surface area (Å²) in [6, 6.07) is 0. The van der Waals surface area contributed by atoms with Gasteiger partial charge >= 0.3 is 17.9 Å². The van der Waals surface area contributed by atoms with Crippen LogP contribution in [0.5, 0.6) is 0 Å². The Balaban J connectivity index is 5.44. The van der Waals surface area contributed by atoms with E-state index in [-0.39, 0.29) is 17.6 Å². The topological polar surface area (TPSA) is 133 Å². The van der Waals surface area contributed by atoms with E-state index in [1.807, 2.05) is 0 Å². The summed E-state index contributed by atoms with van der Waals surface area (Å²) >= 11 is 0. The molecule has 0 saturated heterocycles. The third-order valence-electron chi connectivity index (χ3n) is 3.39. The van der Waals surface area contributed by atoms with Crippen LogP contribution in [0.25, 0.3) is 0 Å². The molecule has 0 fully saturated rings. The number of hydrogen-bond donors (Lipinski definition) is 1. The molecule has 0 radical (unpaired) electrons. The first-order chi connectivity index (χ1) is 12.3. The van der Waals surface area contributed by atoms with Crippen LogP contribution in [0.2, 0.25) is 0 Å². The second kappa shape index (κ2) is 10.8. The molecular formula is C17H26O9S. The van der Waals surface area contributed by atoms with Gasteiger partial charge in [0.15, 0.2) is 0 Å². The van der Waals surface area contributed by atoms with Crippen molar-refractivity contribution >= 4 is 28.0 Å². The second-order valence-corrected chi connectivity index (χ2v) is 7.74. The van der Waals surface area contributed by atoms with Crippen molar-refractivity contribution in [3.8, 4) is 0 Å². The first-order valence-electron chi connectivity index (χ1n) is 8.12. The number of carbonyl (C=O) groups is 3. The van der Waals surface area contributed by atoms with Gasteiger partial charge in [-0.1, -0.05) is 26.5 Å². The average molecular weight is 406 g/mol. The van der Waals surface area contributed by atoms with Gasteiger partial charge in [-0.2, -0.15) is 8.42 Å². The van der Waals surface area contributed by atoms with E-state index in [1.54, 1.807) is 6.92 Å². The zero-order chi connectivity index (χ0) is 21.3. The molecular weight excluding hydrogens is 380 g/mol. The number of hydrogen-bond acceptors (Lipinski definition) is 8. The van der Waals surface area contributed by atoms with Crippen molar-refractivity contribution in [2.45, 2.75) is 33.6 Å². The lowest BCUT2D eigenvalue weighted by molar-refractivity contribution is -0.170. The summed E-state index contributed by atoms with van der Waals surface area (Å²) in [7, 11) is -4.32. The van der Waals surface area contributed by atoms with Gasteiger partial charge in [-0.15, -0.1) is 0 Å². The molecule has 9 nitrogen and oxygen atoms in total. The molecule has 10 heteroatoms. The normalized spacial score (nSPS) is 11.4. The molecule has 0 heterocycles. The summed E-state index contributed by atoms with van der Waals surface area (Å²) in [5.41, 5.74) is -1.32. The molecule has 1 N–H and O–H groups in total. The van der Waals surface area contributed by atoms with E-state index in [0.717, 1.165) is 0 Å². The Morgan fingerprint density at radius 3 is 1.74 bits per heavy atom. The highest BCUT2D eigenvalue weighted by Gasteiger charge is 2.42. The van der Waals surface area contributed by atoms with Gasteiger partial charge in [0.05, 0.1) is 0 Å². The van der Waals surface area contributed by atoms with Gasteiger partial charge in [-0.3, -0.25) is 9.35 Å². The van der Waals surface area contributed by atoms with Crippen LogP contribution in [0.3, 0.4) is 0 Å². The predicted molar refractivity (Wildman–Crippen MR) is 96.3 cm³/mol. The van der Waals surface area contributed by atoms with Crippen LogP contribution in [0.15, 0.2) is 24.3 Å². The van der Waals surface area contributed by atoms with Crippen LogP contribution in [0.1, 0.15) is 33.6 Å². The summed E-state index contributed by atoms with van der Waals surface area (Å²) in [6.07, 6.45) is 0.577. The zero-order valence-electron chi connectivity index (χ0n) is 15.8. The van der Waals surface area contributed by atoms with Crippen LogP contribution in [0.4, 0.5) is 0 Å². The van der Waals surface area contributed by atoms with E-state index in [2.05, 4.69) is 13.2 Å². The Bertz CT molecular complexity index is 661. The molecule has 0 unspecified atom stereocenters. The van der Waals surface area contributed by atoms with E-state index >= 15 is 0 Å². The maximum Gasteiger partial charge on any atom is 0.333 e. The molecule has 0 bridgehead atoms. The van der Waals surface area contributed by atoms with Gasteiger partial charge in [-0.25, -0.2) is 9.59 Å². The minimum Gasteiger partial charge on any atom is -0.464 e. The molecule has 27 heavy (non-hydrogen) atoms. The quantitative estimate of drug-likeness (QED) is 0.221. The summed E-state index contributed by atoms with van der Waals surface area (Å²) in [6.45, 7) is 9.96. The van der Waals surface area contributed by atoms with E-state index in [4.69, 9.17) is 18.8 Å². The molecule has 0 aliphatic carbocycles. The van der Waals surface area contributed by atoms with Crippen molar-refractivity contribution in [1.82, 2.24) is 0 Å². The second-order valence-electron chi connectivity index (χ2n) is 6.17. The van der Waals surface area contributed by atoms with Gasteiger partial charge < -0.3 is 14.2 Å². The van der Waals surface area contributed by atoms with Crippen LogP contribution in [0, 0.1) is 5.41 Å². The molecule has 0 aromatic heterocycles. The smallest absolute Gasteiger partial charge is 0.333 e. The Kier molecular flexibility index (Phi) is 9.95. The highest BCUT2D eigenvalue weighted by molar-refractivity contribution is 7.85. The van der Waals surface area contributed by atoms with Crippen molar-refractivity contribution in [3.05, 3.63) is 24.3 Å². The Labute approximate surface area is 159 Å². The van der Waals surface area contributed by atoms with Gasteiger partial charge in [-0.05, 0) is 20.3 Å². The molecule has 0 amide bonds. The maximum atomic E-state index is 12.6. The molecule has 0 rings (SSSR count). The van der Waals surface area contributed by atoms with Crippen LogP contribution in [-0.4, -0.2) is 56.5 Å². The Morgan fingerprint density at radius 1 is 0.963 bits per heavy atom. The molecule has 0 atom stereocenters. The summed E-state index contributed by atoms with van der Waals surface area (Å²) in [5.74, 6) is -3.20. The average Bonchev–Trinajstić information content (AvgIpc) is 2.55. The number of ether oxygens (including phenoxy) is 3. The Hall–Kier alpha value is -2.20. The first kappa shape index (κ1) is 24.8. The largest absolute Gasteiger partial charge is 0.464 e. The van der Waals surface area contributed by atoms with Gasteiger partial charge in [0.1, 0.15) is 31.0 Å². The molecule has 0 aromatic carbocycles. The molecule has 0 spiro atoms. The van der Waals surface area contributed by atoms with Crippen molar-refractivity contribution < 1.29 is 41.6 Å². The number of rotatable bonds is 12. The van der Waals surface area contributed by atoms with Crippen molar-refractivity contribution in [2.24, 2.45) is 5.41 Å². The van der Waals surface area contributed by atoms with Crippen LogP contribution < -0.4 is 0 Å². The van der Waals surface area contributed by atoms with Gasteiger partial charge in [0, 0.05) is 11.1 Å². The molecule has 154 valence electrons. The van der Waals surface area contributed by atoms with Crippen molar-refractivity contribution in [1.29, 1.82) is 0 Å². The fourth-order valence-electron chi connectivity index (χ4n) is 1.93. The third-order valence-corrected chi connectivity index (χ3v) is 4.07. The lowest BCUT2D eigenvalue weighted by Gasteiger charge is -2.30. The van der Waals surface area contributed by atoms with E-state index in [0.29, 0.717) is 6.42 Å². The van der Waals surface area contributed by atoms with E-state index in [1.165, 1.54) is 13.8 Å². The minimum absolute atomic E-state index is 0.110. The maximum absolute atomic E-state index is 12.6. The number of esters is 3. The number of carbonyl (C=O) groups excluding carboxylic acids is 3. The lowest BCUT2D eigenvalue weighted by Crippen LogP contribution is -2.43. The third kappa shape index (κ3) is 9.34. The van der Waals surface area contributed by atoms with Crippen LogP contribution >= 0.6 is 0 Å². The molecule has 0 aliphatic rings. The summed E-state index contributed by atoms with van der Waals surface area (Å²) in [5, 5.41) is 0. The summed E-state index contributed by atoms with van der Waals surface area (Å²) in [4.78, 5) is 36.0. The first-order valence-corrected chi connectivity index (χ1v) is 9.73. The Morgan fingerprint density at radius 2 is 1.41 bits per heavy atom. The molecule has 0 aliphatic heterocycles. The fraction of sp³-hybridized carbons (Fsp3) is 0.588. The van der Waals surface area contributed by atoms with E-state index < -0.39 is 59.0 Å². The van der Waals surface area contributed by atoms with Gasteiger partial charge in [0.25, 0.3) is 10.1 Å². The monoisotopic (exact) mass is 406 g/mol. The highest BCUT2D eigenvalue weighted by atomic mass is 32.2.